The number of hydrogen-bond donors (Lipinski definition) is 1. The van der Waals surface area contributed by atoms with E-state index in [2.05, 4.69) is 10.3 Å². The van der Waals surface area contributed by atoms with Crippen LogP contribution in [0.25, 0.3) is 6.08 Å². The minimum absolute atomic E-state index is 0.177. The molecule has 0 fully saturated rings. The Morgan fingerprint density at radius 3 is 2.82 bits per heavy atom. The SMILES string of the molecule is COc1ccc(/C=C/C(=O)NCc2csc(C)n2)c(OC)c1. The summed E-state index contributed by atoms with van der Waals surface area (Å²) in [6, 6.07) is 5.43. The number of ether oxygens (including phenoxy) is 2. The Morgan fingerprint density at radius 2 is 2.18 bits per heavy atom. The summed E-state index contributed by atoms with van der Waals surface area (Å²) in [4.78, 5) is 16.1. The van der Waals surface area contributed by atoms with Crippen molar-refractivity contribution in [2.24, 2.45) is 0 Å². The number of aromatic nitrogens is 1. The lowest BCUT2D eigenvalue weighted by Gasteiger charge is -2.07. The van der Waals surface area contributed by atoms with Gasteiger partial charge in [0, 0.05) is 23.1 Å². The average molecular weight is 318 g/mol. The van der Waals surface area contributed by atoms with Crippen molar-refractivity contribution < 1.29 is 14.3 Å². The molecule has 116 valence electrons. The molecule has 22 heavy (non-hydrogen) atoms. The third-order valence-corrected chi connectivity index (χ3v) is 3.79. The van der Waals surface area contributed by atoms with E-state index in [4.69, 9.17) is 9.47 Å². The molecule has 0 spiro atoms. The molecule has 0 radical (unpaired) electrons. The lowest BCUT2D eigenvalue weighted by atomic mass is 10.1. The van der Waals surface area contributed by atoms with E-state index in [1.165, 1.54) is 6.08 Å². The average Bonchev–Trinajstić information content (AvgIpc) is 2.96. The van der Waals surface area contributed by atoms with E-state index in [-0.39, 0.29) is 5.91 Å². The maximum atomic E-state index is 11.8. The second kappa shape index (κ2) is 7.61. The molecule has 1 N–H and O–H groups in total. The normalized spacial score (nSPS) is 10.7. The van der Waals surface area contributed by atoms with Crippen molar-refractivity contribution in [1.29, 1.82) is 0 Å². The van der Waals surface area contributed by atoms with Gasteiger partial charge in [0.2, 0.25) is 5.91 Å². The van der Waals surface area contributed by atoms with Crippen molar-refractivity contribution in [3.05, 3.63) is 45.9 Å². The smallest absolute Gasteiger partial charge is 0.244 e. The lowest BCUT2D eigenvalue weighted by Crippen LogP contribution is -2.20. The molecule has 0 bridgehead atoms. The number of rotatable bonds is 6. The van der Waals surface area contributed by atoms with Crippen molar-refractivity contribution >= 4 is 23.3 Å². The van der Waals surface area contributed by atoms with E-state index in [1.54, 1.807) is 37.7 Å². The molecule has 6 heteroatoms. The van der Waals surface area contributed by atoms with Crippen molar-refractivity contribution in [3.8, 4) is 11.5 Å². The van der Waals surface area contributed by atoms with Gasteiger partial charge < -0.3 is 14.8 Å². The predicted molar refractivity (Wildman–Crippen MR) is 87.3 cm³/mol. The Hall–Kier alpha value is -2.34. The highest BCUT2D eigenvalue weighted by molar-refractivity contribution is 7.09. The van der Waals surface area contributed by atoms with Crippen LogP contribution >= 0.6 is 11.3 Å². The second-order valence-corrected chi connectivity index (χ2v) is 5.58. The first-order valence-corrected chi connectivity index (χ1v) is 7.59. The van der Waals surface area contributed by atoms with Crippen molar-refractivity contribution in [2.75, 3.05) is 14.2 Å². The highest BCUT2D eigenvalue weighted by Crippen LogP contribution is 2.25. The van der Waals surface area contributed by atoms with Crippen molar-refractivity contribution in [2.45, 2.75) is 13.5 Å². The third-order valence-electron chi connectivity index (χ3n) is 2.97. The summed E-state index contributed by atoms with van der Waals surface area (Å²) < 4.78 is 10.4. The van der Waals surface area contributed by atoms with Crippen LogP contribution in [0.15, 0.2) is 29.7 Å². The third kappa shape index (κ3) is 4.33. The Morgan fingerprint density at radius 1 is 1.36 bits per heavy atom. The summed E-state index contributed by atoms with van der Waals surface area (Å²) >= 11 is 1.57. The van der Waals surface area contributed by atoms with Crippen LogP contribution in [0.4, 0.5) is 0 Å². The molecule has 0 atom stereocenters. The van der Waals surface area contributed by atoms with Crippen LogP contribution in [0, 0.1) is 6.92 Å². The molecular weight excluding hydrogens is 300 g/mol. The molecular formula is C16H18N2O3S. The van der Waals surface area contributed by atoms with Crippen molar-refractivity contribution in [1.82, 2.24) is 10.3 Å². The summed E-state index contributed by atoms with van der Waals surface area (Å²) in [5.74, 6) is 1.18. The largest absolute Gasteiger partial charge is 0.497 e. The first-order chi connectivity index (χ1) is 10.6. The lowest BCUT2D eigenvalue weighted by molar-refractivity contribution is -0.116. The van der Waals surface area contributed by atoms with Crippen LogP contribution in [0.5, 0.6) is 11.5 Å². The monoisotopic (exact) mass is 318 g/mol. The first kappa shape index (κ1) is 16.0. The van der Waals surface area contributed by atoms with Gasteiger partial charge in [-0.05, 0) is 25.1 Å². The summed E-state index contributed by atoms with van der Waals surface area (Å²) in [5.41, 5.74) is 1.68. The molecule has 1 aromatic heterocycles. The van der Waals surface area contributed by atoms with E-state index in [0.29, 0.717) is 18.0 Å². The van der Waals surface area contributed by atoms with E-state index < -0.39 is 0 Å². The zero-order chi connectivity index (χ0) is 15.9. The standard InChI is InChI=1S/C16H18N2O3S/c1-11-18-13(10-22-11)9-17-16(19)7-5-12-4-6-14(20-2)8-15(12)21-3/h4-8,10H,9H2,1-3H3,(H,17,19)/b7-5+. The minimum atomic E-state index is -0.177. The van der Waals surface area contributed by atoms with E-state index >= 15 is 0 Å². The van der Waals surface area contributed by atoms with Crippen LogP contribution in [0.2, 0.25) is 0 Å². The van der Waals surface area contributed by atoms with Gasteiger partial charge in [-0.1, -0.05) is 0 Å². The fourth-order valence-electron chi connectivity index (χ4n) is 1.85. The topological polar surface area (TPSA) is 60.5 Å². The van der Waals surface area contributed by atoms with Crippen LogP contribution < -0.4 is 14.8 Å². The number of hydrogen-bond acceptors (Lipinski definition) is 5. The maximum Gasteiger partial charge on any atom is 0.244 e. The van der Waals surface area contributed by atoms with Crippen LogP contribution in [-0.2, 0) is 11.3 Å². The molecule has 0 aliphatic rings. The fourth-order valence-corrected chi connectivity index (χ4v) is 2.46. The second-order valence-electron chi connectivity index (χ2n) is 4.52. The number of carbonyl (C=O) groups excluding carboxylic acids is 1. The molecule has 1 aromatic carbocycles. The van der Waals surface area contributed by atoms with Crippen molar-refractivity contribution in [3.63, 3.8) is 0 Å². The summed E-state index contributed by atoms with van der Waals surface area (Å²) in [6.45, 7) is 2.36. The minimum Gasteiger partial charge on any atom is -0.497 e. The molecule has 0 unspecified atom stereocenters. The van der Waals surface area contributed by atoms with Crippen LogP contribution in [0.3, 0.4) is 0 Å². The quantitative estimate of drug-likeness (QED) is 0.832. The summed E-state index contributed by atoms with van der Waals surface area (Å²) in [7, 11) is 3.18. The summed E-state index contributed by atoms with van der Waals surface area (Å²) in [5, 5.41) is 5.72. The van der Waals surface area contributed by atoms with E-state index in [0.717, 1.165) is 16.3 Å². The van der Waals surface area contributed by atoms with E-state index in [9.17, 15) is 4.79 Å². The molecule has 2 aromatic rings. The molecule has 2 rings (SSSR count). The van der Waals surface area contributed by atoms with Gasteiger partial charge in [-0.2, -0.15) is 0 Å². The van der Waals surface area contributed by atoms with Crippen LogP contribution in [-0.4, -0.2) is 25.1 Å². The van der Waals surface area contributed by atoms with Gasteiger partial charge in [-0.15, -0.1) is 11.3 Å². The maximum absolute atomic E-state index is 11.8. The van der Waals surface area contributed by atoms with Gasteiger partial charge in [0.25, 0.3) is 0 Å². The van der Waals surface area contributed by atoms with Gasteiger partial charge in [-0.3, -0.25) is 4.79 Å². The first-order valence-electron chi connectivity index (χ1n) is 6.71. The van der Waals surface area contributed by atoms with Gasteiger partial charge in [0.15, 0.2) is 0 Å². The molecule has 0 saturated heterocycles. The predicted octanol–water partition coefficient (Wildman–Crippen LogP) is 2.80. The molecule has 5 nitrogen and oxygen atoms in total. The van der Waals surface area contributed by atoms with Gasteiger partial charge in [0.05, 0.1) is 31.5 Å². The highest BCUT2D eigenvalue weighted by Gasteiger charge is 2.04. The number of thiazole rings is 1. The number of nitrogens with one attached hydrogen (secondary N) is 1. The number of benzene rings is 1. The Kier molecular flexibility index (Phi) is 5.55. The Labute approximate surface area is 133 Å². The number of nitrogens with zero attached hydrogens (tertiary/aromatic N) is 1. The number of aryl methyl sites for hydroxylation is 1. The van der Waals surface area contributed by atoms with E-state index in [1.807, 2.05) is 24.4 Å². The Balaban J connectivity index is 1.97. The Bertz CT molecular complexity index is 680. The van der Waals surface area contributed by atoms with Crippen LogP contribution in [0.1, 0.15) is 16.3 Å². The molecule has 0 aliphatic carbocycles. The van der Waals surface area contributed by atoms with Gasteiger partial charge in [-0.25, -0.2) is 4.98 Å². The zero-order valence-electron chi connectivity index (χ0n) is 12.8. The highest BCUT2D eigenvalue weighted by atomic mass is 32.1. The van der Waals surface area contributed by atoms with Gasteiger partial charge in [0.1, 0.15) is 11.5 Å². The number of methoxy groups -OCH3 is 2. The molecule has 0 saturated carbocycles. The van der Waals surface area contributed by atoms with Gasteiger partial charge >= 0.3 is 0 Å². The molecule has 1 amide bonds. The number of carbonyl (C=O) groups is 1. The number of amides is 1. The molecule has 0 aliphatic heterocycles. The molecule has 1 heterocycles. The zero-order valence-corrected chi connectivity index (χ0v) is 13.6. The fraction of sp³-hybridized carbons (Fsp3) is 0.250. The summed E-state index contributed by atoms with van der Waals surface area (Å²) in [6.07, 6.45) is 3.18.